The zero-order chi connectivity index (χ0) is 31.2. The summed E-state index contributed by atoms with van der Waals surface area (Å²) in [6, 6.07) is 7.98. The molecule has 1 saturated carbocycles. The molecule has 1 aromatic carbocycles. The van der Waals surface area contributed by atoms with Crippen LogP contribution in [0.1, 0.15) is 53.3 Å². The maximum Gasteiger partial charge on any atom is 0.416 e. The molecule has 228 valence electrons. The van der Waals surface area contributed by atoms with E-state index in [0.29, 0.717) is 42.6 Å². The van der Waals surface area contributed by atoms with Crippen LogP contribution in [-0.2, 0) is 15.8 Å². The Balaban J connectivity index is 1.21. The van der Waals surface area contributed by atoms with E-state index in [4.69, 9.17) is 10.7 Å². The highest BCUT2D eigenvalue weighted by Gasteiger charge is 2.39. The van der Waals surface area contributed by atoms with Gasteiger partial charge in [-0.25, -0.2) is 15.0 Å². The summed E-state index contributed by atoms with van der Waals surface area (Å²) in [5, 5.41) is 11.7. The summed E-state index contributed by atoms with van der Waals surface area (Å²) in [6.07, 6.45) is 2.14. The highest BCUT2D eigenvalue weighted by atomic mass is 19.4. The van der Waals surface area contributed by atoms with Gasteiger partial charge in [-0.05, 0) is 49.9 Å². The normalized spacial score (nSPS) is 20.2. The first-order valence-electron chi connectivity index (χ1n) is 14.1. The molecule has 0 bridgehead atoms. The molecule has 11 nitrogen and oxygen atoms in total. The number of pyridine rings is 1. The molecule has 4 N–H and O–H groups in total. The lowest BCUT2D eigenvalue weighted by atomic mass is 10.0. The van der Waals surface area contributed by atoms with Crippen LogP contribution in [0.2, 0.25) is 0 Å². The molecule has 4 heterocycles. The second kappa shape index (κ2) is 11.2. The van der Waals surface area contributed by atoms with Crippen molar-refractivity contribution in [1.82, 2.24) is 24.3 Å². The Hall–Kier alpha value is -5.01. The predicted octanol–water partition coefficient (Wildman–Crippen LogP) is 4.46. The molecule has 6 rings (SSSR count). The number of imidazole rings is 1. The number of rotatable bonds is 6. The van der Waals surface area contributed by atoms with Crippen molar-refractivity contribution in [2.75, 3.05) is 24.1 Å². The quantitative estimate of drug-likeness (QED) is 0.290. The number of alkyl halides is 3. The number of carbonyl (C=O) groups excluding carboxylic acids is 2. The minimum absolute atomic E-state index is 0.0206. The fraction of sp³-hybridized carbons (Fsp3) is 0.333. The first-order valence-corrected chi connectivity index (χ1v) is 14.1. The SMILES string of the molecule is Nc1nccn2c([C@H]3CC[C@@H](C(=O)N4CC[C@@H](C(=O)O)C4)C3)nc(-c3ccc(C(=O)Nc4cc(C(F)(F)F)ccn4)cc3)c12. The van der Waals surface area contributed by atoms with E-state index in [1.165, 1.54) is 12.1 Å². The van der Waals surface area contributed by atoms with E-state index in [1.54, 1.807) is 29.4 Å². The molecular formula is C30H28F3N7O4. The number of nitrogen functional groups attached to an aromatic ring is 1. The third-order valence-corrected chi connectivity index (χ3v) is 8.36. The van der Waals surface area contributed by atoms with Gasteiger partial charge in [-0.2, -0.15) is 13.2 Å². The van der Waals surface area contributed by atoms with Gasteiger partial charge in [-0.15, -0.1) is 0 Å². The van der Waals surface area contributed by atoms with Crippen LogP contribution in [0.5, 0.6) is 0 Å². The Morgan fingerprint density at radius 1 is 1.00 bits per heavy atom. The van der Waals surface area contributed by atoms with Gasteiger partial charge in [0.15, 0.2) is 0 Å². The number of hydrogen-bond acceptors (Lipinski definition) is 7. The van der Waals surface area contributed by atoms with Crippen LogP contribution in [0.4, 0.5) is 24.8 Å². The summed E-state index contributed by atoms with van der Waals surface area (Å²) in [7, 11) is 0. The van der Waals surface area contributed by atoms with Crippen LogP contribution in [0.3, 0.4) is 0 Å². The van der Waals surface area contributed by atoms with Crippen LogP contribution in [0, 0.1) is 11.8 Å². The molecule has 14 heteroatoms. The van der Waals surface area contributed by atoms with Crippen molar-refractivity contribution < 1.29 is 32.7 Å². The number of hydrogen-bond donors (Lipinski definition) is 3. The average Bonchev–Trinajstić information content (AvgIpc) is 3.76. The lowest BCUT2D eigenvalue weighted by Gasteiger charge is -2.20. The molecular weight excluding hydrogens is 579 g/mol. The van der Waals surface area contributed by atoms with E-state index in [1.807, 2.05) is 4.40 Å². The second-order valence-electron chi connectivity index (χ2n) is 11.1. The van der Waals surface area contributed by atoms with Gasteiger partial charge >= 0.3 is 12.1 Å². The zero-order valence-corrected chi connectivity index (χ0v) is 23.3. The number of fused-ring (bicyclic) bond motifs is 1. The maximum absolute atomic E-state index is 13.2. The molecule has 2 amide bonds. The van der Waals surface area contributed by atoms with Crippen molar-refractivity contribution in [1.29, 1.82) is 0 Å². The molecule has 2 fully saturated rings. The van der Waals surface area contributed by atoms with Crippen LogP contribution in [-0.4, -0.2) is 60.2 Å². The Morgan fingerprint density at radius 3 is 2.48 bits per heavy atom. The molecule has 0 unspecified atom stereocenters. The summed E-state index contributed by atoms with van der Waals surface area (Å²) < 4.78 is 41.0. The number of aromatic nitrogens is 4. The summed E-state index contributed by atoms with van der Waals surface area (Å²) in [5.41, 5.74) is 7.31. The number of aliphatic carboxylic acids is 1. The topological polar surface area (TPSA) is 156 Å². The van der Waals surface area contributed by atoms with E-state index < -0.39 is 29.5 Å². The first kappa shape index (κ1) is 29.1. The number of carboxylic acid groups (broad SMARTS) is 1. The number of amides is 2. The molecule has 1 aliphatic carbocycles. The number of likely N-dealkylation sites (tertiary alicyclic amines) is 1. The van der Waals surface area contributed by atoms with Crippen molar-refractivity contribution >= 4 is 34.9 Å². The fourth-order valence-corrected chi connectivity index (χ4v) is 6.08. The number of nitrogens with zero attached hydrogens (tertiary/aromatic N) is 5. The molecule has 4 aromatic rings. The van der Waals surface area contributed by atoms with E-state index >= 15 is 0 Å². The molecule has 3 aromatic heterocycles. The number of benzene rings is 1. The number of nitrogens with two attached hydrogens (primary N) is 1. The molecule has 1 aliphatic heterocycles. The van der Waals surface area contributed by atoms with E-state index in [2.05, 4.69) is 15.3 Å². The van der Waals surface area contributed by atoms with Gasteiger partial charge in [0.25, 0.3) is 5.91 Å². The van der Waals surface area contributed by atoms with Crippen molar-refractivity contribution in [2.45, 2.75) is 37.8 Å². The Bertz CT molecular complexity index is 1760. The van der Waals surface area contributed by atoms with E-state index in [0.717, 1.165) is 30.6 Å². The second-order valence-corrected chi connectivity index (χ2v) is 11.1. The standard InChI is InChI=1S/C30H28F3N7O4/c31-30(32,33)21-7-9-35-22(14-21)37-27(41)17-3-1-16(2-4-17)23-24-25(34)36-10-12-40(24)26(38-23)18-5-6-19(13-18)28(42)39-11-8-20(15-39)29(43)44/h1-4,7,9-10,12,14,18-20H,5-6,8,11,13,15H2,(H2,34,36)(H,43,44)(H,35,37,41)/t18-,19+,20+/m0/s1. The summed E-state index contributed by atoms with van der Waals surface area (Å²) in [5.74, 6) is -1.59. The number of carbonyl (C=O) groups is 3. The first-order chi connectivity index (χ1) is 21.0. The number of carboxylic acids is 1. The van der Waals surface area contributed by atoms with Crippen LogP contribution in [0.15, 0.2) is 55.0 Å². The zero-order valence-electron chi connectivity index (χ0n) is 23.3. The third kappa shape index (κ3) is 5.54. The molecule has 1 saturated heterocycles. The highest BCUT2D eigenvalue weighted by molar-refractivity contribution is 6.04. The lowest BCUT2D eigenvalue weighted by molar-refractivity contribution is -0.142. The van der Waals surface area contributed by atoms with Gasteiger partial charge in [0.1, 0.15) is 28.7 Å². The van der Waals surface area contributed by atoms with Crippen LogP contribution >= 0.6 is 0 Å². The third-order valence-electron chi connectivity index (χ3n) is 8.36. The summed E-state index contributed by atoms with van der Waals surface area (Å²) in [6.45, 7) is 0.679. The minimum atomic E-state index is -4.57. The van der Waals surface area contributed by atoms with Crippen molar-refractivity contribution in [3.63, 3.8) is 0 Å². The number of anilines is 2. The molecule has 3 atom stereocenters. The van der Waals surface area contributed by atoms with E-state index in [-0.39, 0.29) is 41.5 Å². The predicted molar refractivity (Wildman–Crippen MR) is 152 cm³/mol. The van der Waals surface area contributed by atoms with Crippen LogP contribution in [0.25, 0.3) is 16.8 Å². The highest BCUT2D eigenvalue weighted by Crippen LogP contribution is 2.41. The van der Waals surface area contributed by atoms with Crippen LogP contribution < -0.4 is 11.1 Å². The van der Waals surface area contributed by atoms with Crippen molar-refractivity contribution in [2.24, 2.45) is 11.8 Å². The molecule has 44 heavy (non-hydrogen) atoms. The minimum Gasteiger partial charge on any atom is -0.481 e. The fourth-order valence-electron chi connectivity index (χ4n) is 6.08. The average molecular weight is 608 g/mol. The maximum atomic E-state index is 13.2. The smallest absolute Gasteiger partial charge is 0.416 e. The Morgan fingerprint density at radius 2 is 1.77 bits per heavy atom. The number of nitrogens with one attached hydrogen (secondary N) is 1. The Kier molecular flexibility index (Phi) is 7.43. The van der Waals surface area contributed by atoms with Gasteiger partial charge in [-0.3, -0.25) is 18.8 Å². The van der Waals surface area contributed by atoms with E-state index in [9.17, 15) is 32.7 Å². The monoisotopic (exact) mass is 607 g/mol. The molecule has 2 aliphatic rings. The Labute approximate surface area is 248 Å². The molecule has 0 radical (unpaired) electrons. The largest absolute Gasteiger partial charge is 0.481 e. The van der Waals surface area contributed by atoms with Gasteiger partial charge in [0.05, 0.1) is 11.5 Å². The van der Waals surface area contributed by atoms with Gasteiger partial charge in [0.2, 0.25) is 5.91 Å². The van der Waals surface area contributed by atoms with Gasteiger partial charge < -0.3 is 21.1 Å². The van der Waals surface area contributed by atoms with Gasteiger partial charge in [0, 0.05) is 54.6 Å². The summed E-state index contributed by atoms with van der Waals surface area (Å²) >= 11 is 0. The summed E-state index contributed by atoms with van der Waals surface area (Å²) in [4.78, 5) is 51.9. The number of halogens is 3. The molecule has 0 spiro atoms. The van der Waals surface area contributed by atoms with Crippen molar-refractivity contribution in [3.8, 4) is 11.3 Å². The van der Waals surface area contributed by atoms with Gasteiger partial charge in [-0.1, -0.05) is 12.1 Å². The lowest BCUT2D eigenvalue weighted by Crippen LogP contribution is -2.34. The van der Waals surface area contributed by atoms with Crippen molar-refractivity contribution in [3.05, 3.63) is 71.9 Å².